The average molecular weight is 329 g/mol. The minimum absolute atomic E-state index is 0.0552. The zero-order valence-corrected chi connectivity index (χ0v) is 15.8. The van der Waals surface area contributed by atoms with Gasteiger partial charge in [0.25, 0.3) is 0 Å². The van der Waals surface area contributed by atoms with E-state index < -0.39 is 0 Å². The van der Waals surface area contributed by atoms with Gasteiger partial charge < -0.3 is 10.4 Å². The number of aliphatic hydroxyl groups excluding tert-OH is 1. The molecule has 2 atom stereocenters. The Labute approximate surface area is 145 Å². The Morgan fingerprint density at radius 1 is 1.17 bits per heavy atom. The lowest BCUT2D eigenvalue weighted by molar-refractivity contribution is 0.127. The normalized spacial score (nSPS) is 14.6. The highest BCUT2D eigenvalue weighted by atomic mass is 16.3. The van der Waals surface area contributed by atoms with Crippen molar-refractivity contribution in [3.8, 4) is 5.69 Å². The van der Waals surface area contributed by atoms with Gasteiger partial charge in [-0.25, -0.2) is 4.68 Å². The van der Waals surface area contributed by atoms with Crippen LogP contribution in [0, 0.1) is 19.3 Å². The van der Waals surface area contributed by atoms with Crippen molar-refractivity contribution in [3.63, 3.8) is 0 Å². The molecule has 132 valence electrons. The Balaban J connectivity index is 2.16. The fourth-order valence-electron chi connectivity index (χ4n) is 3.51. The number of aromatic nitrogens is 2. The minimum atomic E-state index is -0.276. The number of aryl methyl sites for hydroxylation is 1. The van der Waals surface area contributed by atoms with E-state index >= 15 is 0 Å². The number of hydrogen-bond donors (Lipinski definition) is 2. The second-order valence-corrected chi connectivity index (χ2v) is 7.65. The van der Waals surface area contributed by atoms with Crippen LogP contribution in [0.25, 0.3) is 5.69 Å². The van der Waals surface area contributed by atoms with Crippen LogP contribution < -0.4 is 5.32 Å². The molecule has 2 rings (SSSR count). The van der Waals surface area contributed by atoms with Crippen LogP contribution in [0.1, 0.15) is 57.1 Å². The van der Waals surface area contributed by atoms with Crippen molar-refractivity contribution in [2.45, 2.75) is 60.1 Å². The number of hydrogen-bond acceptors (Lipinski definition) is 3. The fraction of sp³-hybridized carbons (Fsp3) is 0.550. The van der Waals surface area contributed by atoms with Gasteiger partial charge in [-0.1, -0.05) is 32.0 Å². The molecule has 1 aromatic carbocycles. The first-order chi connectivity index (χ1) is 11.2. The van der Waals surface area contributed by atoms with E-state index in [1.54, 1.807) is 0 Å². The van der Waals surface area contributed by atoms with Crippen LogP contribution in [0.3, 0.4) is 0 Å². The van der Waals surface area contributed by atoms with Gasteiger partial charge in [0.2, 0.25) is 0 Å². The summed E-state index contributed by atoms with van der Waals surface area (Å²) in [5, 5.41) is 18.0. The van der Waals surface area contributed by atoms with Crippen LogP contribution in [0.5, 0.6) is 0 Å². The van der Waals surface area contributed by atoms with E-state index in [0.717, 1.165) is 24.3 Å². The average Bonchev–Trinajstić information content (AvgIpc) is 2.79. The first-order valence-corrected chi connectivity index (χ1v) is 8.74. The molecule has 0 bridgehead atoms. The van der Waals surface area contributed by atoms with Crippen molar-refractivity contribution in [3.05, 3.63) is 47.3 Å². The van der Waals surface area contributed by atoms with Crippen LogP contribution in [-0.4, -0.2) is 27.5 Å². The number of benzene rings is 1. The van der Waals surface area contributed by atoms with E-state index in [-0.39, 0.29) is 17.6 Å². The molecule has 2 aromatic rings. The van der Waals surface area contributed by atoms with Gasteiger partial charge in [0, 0.05) is 23.8 Å². The molecule has 1 aromatic heterocycles. The molecule has 4 heteroatoms. The van der Waals surface area contributed by atoms with Crippen LogP contribution in [0.2, 0.25) is 0 Å². The van der Waals surface area contributed by atoms with Crippen molar-refractivity contribution in [1.29, 1.82) is 0 Å². The van der Waals surface area contributed by atoms with Gasteiger partial charge >= 0.3 is 0 Å². The number of para-hydroxylation sites is 1. The molecule has 0 spiro atoms. The van der Waals surface area contributed by atoms with Crippen LogP contribution in [-0.2, 0) is 0 Å². The SMILES string of the molecule is Cc1nn(-c2ccccc2)c(C)c1C(C)NCC(C)(C)CC(C)O. The third-order valence-corrected chi connectivity index (χ3v) is 4.52. The summed E-state index contributed by atoms with van der Waals surface area (Å²) in [4.78, 5) is 0. The summed E-state index contributed by atoms with van der Waals surface area (Å²) in [7, 11) is 0. The lowest BCUT2D eigenvalue weighted by atomic mass is 9.86. The maximum atomic E-state index is 9.65. The fourth-order valence-corrected chi connectivity index (χ4v) is 3.51. The molecule has 0 fully saturated rings. The predicted molar refractivity (Wildman–Crippen MR) is 99.5 cm³/mol. The summed E-state index contributed by atoms with van der Waals surface area (Å²) < 4.78 is 2.02. The zero-order valence-electron chi connectivity index (χ0n) is 15.8. The minimum Gasteiger partial charge on any atom is -0.393 e. The number of nitrogens with one attached hydrogen (secondary N) is 1. The molecule has 1 heterocycles. The summed E-state index contributed by atoms with van der Waals surface area (Å²) in [6, 6.07) is 10.5. The van der Waals surface area contributed by atoms with E-state index in [9.17, 15) is 5.11 Å². The molecule has 0 aliphatic heterocycles. The lowest BCUT2D eigenvalue weighted by Gasteiger charge is -2.28. The predicted octanol–water partition coefficient (Wildman–Crippen LogP) is 3.94. The van der Waals surface area contributed by atoms with Gasteiger partial charge in [-0.3, -0.25) is 0 Å². The van der Waals surface area contributed by atoms with Crippen molar-refractivity contribution in [2.75, 3.05) is 6.54 Å². The van der Waals surface area contributed by atoms with E-state index in [4.69, 9.17) is 5.10 Å². The Kier molecular flexibility index (Phi) is 5.83. The monoisotopic (exact) mass is 329 g/mol. The van der Waals surface area contributed by atoms with Crippen LogP contribution in [0.15, 0.2) is 30.3 Å². The molecule has 2 N–H and O–H groups in total. The van der Waals surface area contributed by atoms with Crippen molar-refractivity contribution in [2.24, 2.45) is 5.41 Å². The Morgan fingerprint density at radius 3 is 2.38 bits per heavy atom. The van der Waals surface area contributed by atoms with E-state index in [0.29, 0.717) is 0 Å². The maximum Gasteiger partial charge on any atom is 0.0648 e. The topological polar surface area (TPSA) is 50.1 Å². The standard InChI is InChI=1S/C20H31N3O/c1-14(24)12-20(5,6)13-21-15(2)19-16(3)22-23(17(19)4)18-10-8-7-9-11-18/h7-11,14-15,21,24H,12-13H2,1-6H3. The smallest absolute Gasteiger partial charge is 0.0648 e. The van der Waals surface area contributed by atoms with Gasteiger partial charge in [-0.15, -0.1) is 0 Å². The second-order valence-electron chi connectivity index (χ2n) is 7.65. The van der Waals surface area contributed by atoms with E-state index in [1.807, 2.05) is 29.8 Å². The molecular formula is C20H31N3O. The second kappa shape index (κ2) is 7.49. The van der Waals surface area contributed by atoms with Crippen molar-refractivity contribution in [1.82, 2.24) is 15.1 Å². The van der Waals surface area contributed by atoms with Crippen molar-refractivity contribution >= 4 is 0 Å². The molecule has 0 amide bonds. The van der Waals surface area contributed by atoms with Crippen LogP contribution >= 0.6 is 0 Å². The molecular weight excluding hydrogens is 298 g/mol. The molecule has 2 unspecified atom stereocenters. The highest BCUT2D eigenvalue weighted by Crippen LogP contribution is 2.26. The summed E-state index contributed by atoms with van der Waals surface area (Å²) >= 11 is 0. The summed E-state index contributed by atoms with van der Waals surface area (Å²) in [5.41, 5.74) is 4.63. The molecule has 24 heavy (non-hydrogen) atoms. The number of rotatable bonds is 7. The first kappa shape index (κ1) is 18.7. The summed E-state index contributed by atoms with van der Waals surface area (Å²) in [6.45, 7) is 13.5. The molecule has 0 saturated carbocycles. The highest BCUT2D eigenvalue weighted by molar-refractivity contribution is 5.38. The molecule has 0 saturated heterocycles. The molecule has 4 nitrogen and oxygen atoms in total. The van der Waals surface area contributed by atoms with Crippen LogP contribution in [0.4, 0.5) is 0 Å². The Morgan fingerprint density at radius 2 is 1.79 bits per heavy atom. The van der Waals surface area contributed by atoms with Gasteiger partial charge in [-0.2, -0.15) is 5.10 Å². The quantitative estimate of drug-likeness (QED) is 0.809. The van der Waals surface area contributed by atoms with E-state index in [1.165, 1.54) is 11.3 Å². The highest BCUT2D eigenvalue weighted by Gasteiger charge is 2.23. The zero-order chi connectivity index (χ0) is 17.9. The third kappa shape index (κ3) is 4.46. The van der Waals surface area contributed by atoms with Gasteiger partial charge in [0.1, 0.15) is 0 Å². The molecule has 0 aliphatic rings. The summed E-state index contributed by atoms with van der Waals surface area (Å²) in [5.74, 6) is 0. The van der Waals surface area contributed by atoms with Crippen molar-refractivity contribution < 1.29 is 5.11 Å². The molecule has 0 aliphatic carbocycles. The summed E-state index contributed by atoms with van der Waals surface area (Å²) in [6.07, 6.45) is 0.509. The maximum absolute atomic E-state index is 9.65. The number of nitrogens with zero attached hydrogens (tertiary/aromatic N) is 2. The van der Waals surface area contributed by atoms with Gasteiger partial charge in [0.15, 0.2) is 0 Å². The first-order valence-electron chi connectivity index (χ1n) is 8.74. The van der Waals surface area contributed by atoms with Gasteiger partial charge in [0.05, 0.1) is 17.5 Å². The number of aliphatic hydroxyl groups is 1. The van der Waals surface area contributed by atoms with Gasteiger partial charge in [-0.05, 0) is 51.7 Å². The van der Waals surface area contributed by atoms with E-state index in [2.05, 4.69) is 52.1 Å². The Bertz CT molecular complexity index is 659. The largest absolute Gasteiger partial charge is 0.393 e. The Hall–Kier alpha value is -1.65. The third-order valence-electron chi connectivity index (χ3n) is 4.52. The molecule has 0 radical (unpaired) electrons. The lowest BCUT2D eigenvalue weighted by Crippen LogP contribution is -2.33.